The van der Waals surface area contributed by atoms with Crippen molar-refractivity contribution in [1.82, 2.24) is 13.7 Å². The SMILES string of the molecule is Cc1ccc2c(c1)c1cc(C)ccc1n2-c1ccc2c(c1)c1ccccc1n2C1=CCCC(C2=C(C#N)C=CC(n3c4ccccc4c4cc(C#N)ccc43)C2)=C1. The molecule has 11 rings (SSSR count). The van der Waals surface area contributed by atoms with E-state index in [1.54, 1.807) is 0 Å². The average Bonchev–Trinajstić information content (AvgIpc) is 3.88. The summed E-state index contributed by atoms with van der Waals surface area (Å²) >= 11 is 0. The van der Waals surface area contributed by atoms with Gasteiger partial charge in [0.25, 0.3) is 0 Å². The molecule has 57 heavy (non-hydrogen) atoms. The lowest BCUT2D eigenvalue weighted by molar-refractivity contribution is 0.626. The smallest absolute Gasteiger partial charge is 0.0994 e. The van der Waals surface area contributed by atoms with Gasteiger partial charge in [-0.2, -0.15) is 10.5 Å². The minimum Gasteiger partial charge on any atom is -0.333 e. The molecular weight excluding hydrogens is 695 g/mol. The second-order valence-electron chi connectivity index (χ2n) is 15.6. The number of hydrogen-bond acceptors (Lipinski definition) is 2. The summed E-state index contributed by atoms with van der Waals surface area (Å²) < 4.78 is 7.21. The molecule has 9 aromatic rings. The van der Waals surface area contributed by atoms with Crippen LogP contribution in [0, 0.1) is 36.5 Å². The summed E-state index contributed by atoms with van der Waals surface area (Å²) in [5.74, 6) is 0. The molecule has 3 heterocycles. The van der Waals surface area contributed by atoms with Gasteiger partial charge in [0.2, 0.25) is 0 Å². The molecule has 5 heteroatoms. The lowest BCUT2D eigenvalue weighted by Gasteiger charge is -2.27. The predicted octanol–water partition coefficient (Wildman–Crippen LogP) is 13.1. The van der Waals surface area contributed by atoms with Gasteiger partial charge >= 0.3 is 0 Å². The van der Waals surface area contributed by atoms with Crippen LogP contribution in [-0.4, -0.2) is 13.7 Å². The van der Waals surface area contributed by atoms with Gasteiger partial charge in [0, 0.05) is 54.7 Å². The third-order valence-corrected chi connectivity index (χ3v) is 12.2. The van der Waals surface area contributed by atoms with Crippen molar-refractivity contribution in [3.63, 3.8) is 0 Å². The zero-order valence-electron chi connectivity index (χ0n) is 31.8. The van der Waals surface area contributed by atoms with Gasteiger partial charge in [-0.25, -0.2) is 0 Å². The Morgan fingerprint density at radius 3 is 1.91 bits per heavy atom. The van der Waals surface area contributed by atoms with Crippen LogP contribution in [0.2, 0.25) is 0 Å². The molecule has 0 fully saturated rings. The van der Waals surface area contributed by atoms with E-state index >= 15 is 0 Å². The fraction of sp³-hybridized carbons (Fsp3) is 0.115. The van der Waals surface area contributed by atoms with Crippen molar-refractivity contribution in [2.24, 2.45) is 0 Å². The fourth-order valence-corrected chi connectivity index (χ4v) is 9.70. The maximum Gasteiger partial charge on any atom is 0.0994 e. The van der Waals surface area contributed by atoms with E-state index in [2.05, 4.69) is 167 Å². The first kappa shape index (κ1) is 33.0. The van der Waals surface area contributed by atoms with Gasteiger partial charge in [0.15, 0.2) is 0 Å². The average molecular weight is 732 g/mol. The minimum atomic E-state index is 0.0167. The third kappa shape index (κ3) is 4.99. The predicted molar refractivity (Wildman–Crippen MR) is 234 cm³/mol. The van der Waals surface area contributed by atoms with Crippen LogP contribution in [0.5, 0.6) is 0 Å². The Hall–Kier alpha value is -7.34. The molecule has 2 aliphatic carbocycles. The maximum atomic E-state index is 10.5. The molecule has 0 N–H and O–H groups in total. The minimum absolute atomic E-state index is 0.0167. The largest absolute Gasteiger partial charge is 0.333 e. The van der Waals surface area contributed by atoms with E-state index in [1.165, 1.54) is 54.8 Å². The van der Waals surface area contributed by atoms with Crippen molar-refractivity contribution >= 4 is 71.1 Å². The molecule has 1 unspecified atom stereocenters. The van der Waals surface area contributed by atoms with Gasteiger partial charge < -0.3 is 13.7 Å². The summed E-state index contributed by atoms with van der Waals surface area (Å²) in [6.07, 6.45) is 11.3. The standard InChI is InChI=1S/C52H37N5/c1-32-14-20-49-43(24-32)44-25-33(2)15-21-50(44)57(49)39-19-23-52-46(29-39)41-11-4-6-13-48(41)55(52)37-9-7-8-35(27-37)42-28-38(18-17-36(42)31-54)56-47-12-5-3-10-40(47)45-26-34(30-53)16-22-51(45)56/h3-6,9-27,29,38H,7-8,28H2,1-2H3. The van der Waals surface area contributed by atoms with Crippen molar-refractivity contribution in [2.45, 2.75) is 39.2 Å². The first-order valence-corrected chi connectivity index (χ1v) is 19.7. The number of aromatic nitrogens is 3. The molecular formula is C52H37N5. The number of benzene rings is 6. The molecule has 0 saturated heterocycles. The highest BCUT2D eigenvalue weighted by atomic mass is 15.0. The Morgan fingerprint density at radius 1 is 0.579 bits per heavy atom. The number of allylic oxidation sites excluding steroid dienone is 8. The van der Waals surface area contributed by atoms with E-state index in [4.69, 9.17) is 0 Å². The molecule has 0 amide bonds. The molecule has 3 aromatic heterocycles. The molecule has 0 aliphatic heterocycles. The van der Waals surface area contributed by atoms with Crippen molar-refractivity contribution < 1.29 is 0 Å². The number of rotatable bonds is 4. The molecule has 0 bridgehead atoms. The summed E-state index contributed by atoms with van der Waals surface area (Å²) in [6.45, 7) is 4.33. The van der Waals surface area contributed by atoms with E-state index in [9.17, 15) is 10.5 Å². The Kier molecular flexibility index (Phi) is 7.30. The fourth-order valence-electron chi connectivity index (χ4n) is 9.70. The van der Waals surface area contributed by atoms with Gasteiger partial charge in [-0.05, 0) is 129 Å². The summed E-state index contributed by atoms with van der Waals surface area (Å²) in [5.41, 5.74) is 15.5. The number of hydrogen-bond donors (Lipinski definition) is 0. The van der Waals surface area contributed by atoms with Crippen LogP contribution in [-0.2, 0) is 0 Å². The quantitative estimate of drug-likeness (QED) is 0.181. The Bertz CT molecular complexity index is 3370. The van der Waals surface area contributed by atoms with Crippen LogP contribution in [0.3, 0.4) is 0 Å². The molecule has 0 spiro atoms. The molecule has 2 aliphatic rings. The van der Waals surface area contributed by atoms with E-state index in [1.807, 2.05) is 18.2 Å². The van der Waals surface area contributed by atoms with Gasteiger partial charge in [-0.15, -0.1) is 0 Å². The van der Waals surface area contributed by atoms with Crippen LogP contribution in [0.1, 0.15) is 42.0 Å². The normalized spacial score (nSPS) is 15.9. The number of nitriles is 2. The Labute approximate surface area is 330 Å². The van der Waals surface area contributed by atoms with Crippen LogP contribution in [0.15, 0.2) is 162 Å². The Morgan fingerprint density at radius 2 is 1.18 bits per heavy atom. The number of nitrogens with zero attached hydrogens (tertiary/aromatic N) is 5. The van der Waals surface area contributed by atoms with E-state index in [0.29, 0.717) is 12.0 Å². The number of fused-ring (bicyclic) bond motifs is 9. The highest BCUT2D eigenvalue weighted by Crippen LogP contribution is 2.43. The van der Waals surface area contributed by atoms with Gasteiger partial charge in [0.05, 0.1) is 51.4 Å². The topological polar surface area (TPSA) is 62.4 Å². The number of para-hydroxylation sites is 2. The van der Waals surface area contributed by atoms with Crippen LogP contribution in [0.25, 0.3) is 76.8 Å². The first-order valence-electron chi connectivity index (χ1n) is 19.7. The Balaban J connectivity index is 1.03. The van der Waals surface area contributed by atoms with Gasteiger partial charge in [-0.1, -0.05) is 71.8 Å². The lowest BCUT2D eigenvalue weighted by Crippen LogP contribution is -2.13. The van der Waals surface area contributed by atoms with Crippen molar-refractivity contribution in [2.75, 3.05) is 0 Å². The maximum absolute atomic E-state index is 10.5. The van der Waals surface area contributed by atoms with E-state index in [-0.39, 0.29) is 6.04 Å². The monoisotopic (exact) mass is 731 g/mol. The summed E-state index contributed by atoms with van der Waals surface area (Å²) in [7, 11) is 0. The molecule has 270 valence electrons. The third-order valence-electron chi connectivity index (χ3n) is 12.2. The molecule has 0 saturated carbocycles. The molecule has 6 aromatic carbocycles. The molecule has 0 radical (unpaired) electrons. The van der Waals surface area contributed by atoms with Crippen molar-refractivity contribution in [1.29, 1.82) is 10.5 Å². The van der Waals surface area contributed by atoms with Gasteiger partial charge in [-0.3, -0.25) is 0 Å². The van der Waals surface area contributed by atoms with Crippen molar-refractivity contribution in [3.8, 4) is 17.8 Å². The van der Waals surface area contributed by atoms with Crippen LogP contribution in [0.4, 0.5) is 0 Å². The lowest BCUT2D eigenvalue weighted by atomic mass is 9.85. The second kappa shape index (κ2) is 12.6. The van der Waals surface area contributed by atoms with Gasteiger partial charge in [0.1, 0.15) is 0 Å². The van der Waals surface area contributed by atoms with Crippen molar-refractivity contribution in [3.05, 3.63) is 179 Å². The zero-order valence-corrected chi connectivity index (χ0v) is 31.8. The second-order valence-corrected chi connectivity index (χ2v) is 15.6. The first-order chi connectivity index (χ1) is 28.0. The van der Waals surface area contributed by atoms with Crippen LogP contribution < -0.4 is 0 Å². The van der Waals surface area contributed by atoms with Crippen LogP contribution >= 0.6 is 0 Å². The van der Waals surface area contributed by atoms with E-state index < -0.39 is 0 Å². The molecule has 5 nitrogen and oxygen atoms in total. The highest BCUT2D eigenvalue weighted by molar-refractivity contribution is 6.13. The summed E-state index contributed by atoms with van der Waals surface area (Å²) in [6, 6.07) is 48.5. The zero-order chi connectivity index (χ0) is 38.4. The number of aryl methyl sites for hydroxylation is 2. The molecule has 1 atom stereocenters. The summed E-state index contributed by atoms with van der Waals surface area (Å²) in [5, 5.41) is 27.3. The summed E-state index contributed by atoms with van der Waals surface area (Å²) in [4.78, 5) is 0. The highest BCUT2D eigenvalue weighted by Gasteiger charge is 2.26. The van der Waals surface area contributed by atoms with E-state index in [0.717, 1.165) is 62.7 Å².